The molecule has 250 valence electrons. The molecular formula is C50H36N2Si. The van der Waals surface area contributed by atoms with Crippen molar-refractivity contribution >= 4 is 40.0 Å². The van der Waals surface area contributed by atoms with Gasteiger partial charge in [-0.1, -0.05) is 194 Å². The van der Waals surface area contributed by atoms with Crippen LogP contribution < -0.4 is 10.4 Å². The van der Waals surface area contributed by atoms with Crippen molar-refractivity contribution < 1.29 is 0 Å². The molecule has 6 aromatic carbocycles. The maximum absolute atomic E-state index is 5.60. The van der Waals surface area contributed by atoms with Crippen molar-refractivity contribution in [3.05, 3.63) is 241 Å². The third-order valence-electron chi connectivity index (χ3n) is 10.2. The predicted octanol–water partition coefficient (Wildman–Crippen LogP) is 10.7. The smallest absolute Gasteiger partial charge is 0.185 e. The summed E-state index contributed by atoms with van der Waals surface area (Å²) in [6, 6.07) is 78.2. The van der Waals surface area contributed by atoms with Crippen molar-refractivity contribution in [2.75, 3.05) is 0 Å². The maximum Gasteiger partial charge on any atom is 0.185 e. The fourth-order valence-electron chi connectivity index (χ4n) is 7.98. The Kier molecular flexibility index (Phi) is 8.61. The first kappa shape index (κ1) is 32.2. The van der Waals surface area contributed by atoms with Crippen LogP contribution >= 0.6 is 0 Å². The van der Waals surface area contributed by atoms with Crippen molar-refractivity contribution in [3.8, 4) is 22.5 Å². The maximum atomic E-state index is 5.60. The summed E-state index contributed by atoms with van der Waals surface area (Å²) < 4.78 is 0. The van der Waals surface area contributed by atoms with Crippen LogP contribution in [0.15, 0.2) is 218 Å². The zero-order valence-electron chi connectivity index (χ0n) is 29.2. The van der Waals surface area contributed by atoms with Gasteiger partial charge in [0.25, 0.3) is 0 Å². The average Bonchev–Trinajstić information content (AvgIpc) is 3.59. The molecule has 0 spiro atoms. The molecule has 0 aliphatic carbocycles. The lowest BCUT2D eigenvalue weighted by Gasteiger charge is -2.35. The Balaban J connectivity index is 1.49. The van der Waals surface area contributed by atoms with Crippen LogP contribution in [0.5, 0.6) is 0 Å². The highest BCUT2D eigenvalue weighted by Gasteiger charge is 2.54. The fraction of sp³-hybridized carbons (Fsp3) is 0. The summed E-state index contributed by atoms with van der Waals surface area (Å²) in [6.45, 7) is 0. The molecule has 0 atom stereocenters. The molecular weight excluding hydrogens is 657 g/mol. The second-order valence-corrected chi connectivity index (χ2v) is 16.9. The van der Waals surface area contributed by atoms with E-state index in [2.05, 4.69) is 218 Å². The Morgan fingerprint density at radius 2 is 0.528 bits per heavy atom. The second-order valence-electron chi connectivity index (χ2n) is 13.3. The molecule has 8 aromatic rings. The molecule has 0 unspecified atom stereocenters. The zero-order valence-corrected chi connectivity index (χ0v) is 30.2. The van der Waals surface area contributed by atoms with Crippen LogP contribution in [-0.4, -0.2) is 18.0 Å². The van der Waals surface area contributed by atoms with E-state index in [0.717, 1.165) is 45.0 Å². The van der Waals surface area contributed by atoms with E-state index in [0.29, 0.717) is 0 Å². The highest BCUT2D eigenvalue weighted by molar-refractivity contribution is 7.29. The number of hydrogen-bond donors (Lipinski definition) is 0. The first-order valence-electron chi connectivity index (χ1n) is 18.1. The SMILES string of the molecule is c1ccc(C2=C(c3cccc(-c4ccccc4)n3)[Si](c3ccccc3)(c3ccccc3)C(c3cccc(-c4ccccc4)n3)=C2c2ccccc2)cc1. The molecule has 0 amide bonds. The van der Waals surface area contributed by atoms with Gasteiger partial charge in [-0.05, 0) is 67.3 Å². The van der Waals surface area contributed by atoms with E-state index in [-0.39, 0.29) is 0 Å². The monoisotopic (exact) mass is 692 g/mol. The van der Waals surface area contributed by atoms with Crippen LogP contribution in [-0.2, 0) is 0 Å². The summed E-state index contributed by atoms with van der Waals surface area (Å²) in [5, 5.41) is 5.10. The number of hydrogen-bond acceptors (Lipinski definition) is 2. The molecule has 0 fully saturated rings. The van der Waals surface area contributed by atoms with E-state index in [9.17, 15) is 0 Å². The van der Waals surface area contributed by atoms with Gasteiger partial charge in [-0.25, -0.2) is 9.97 Å². The van der Waals surface area contributed by atoms with E-state index in [1.807, 2.05) is 0 Å². The molecule has 53 heavy (non-hydrogen) atoms. The summed E-state index contributed by atoms with van der Waals surface area (Å²) in [5.74, 6) is 0. The van der Waals surface area contributed by atoms with Gasteiger partial charge in [-0.2, -0.15) is 0 Å². The Hall–Kier alpha value is -6.68. The lowest BCUT2D eigenvalue weighted by molar-refractivity contribution is 1.28. The quantitative estimate of drug-likeness (QED) is 0.148. The standard InChI is InChI=1S/C50H36N2Si/c1-7-21-37(22-8-1)43-33-19-35-45(51-43)49-47(39-25-11-3-12-26-39)48(40-27-13-4-14-28-40)50(46-36-20-34-44(52-46)38-23-9-2-10-24-38)53(49,41-29-15-5-16-30-41)42-31-17-6-18-32-42/h1-36H. The summed E-state index contributed by atoms with van der Waals surface area (Å²) in [5.41, 5.74) is 10.8. The predicted molar refractivity (Wildman–Crippen MR) is 224 cm³/mol. The number of allylic oxidation sites excluding steroid dienone is 2. The molecule has 0 saturated carbocycles. The van der Waals surface area contributed by atoms with Gasteiger partial charge in [0.05, 0.1) is 22.8 Å². The largest absolute Gasteiger partial charge is 0.248 e. The molecule has 0 saturated heterocycles. The summed E-state index contributed by atoms with van der Waals surface area (Å²) in [4.78, 5) is 11.2. The Morgan fingerprint density at radius 3 is 0.868 bits per heavy atom. The Bertz CT molecular complexity index is 2380. The van der Waals surface area contributed by atoms with Crippen molar-refractivity contribution in [2.24, 2.45) is 0 Å². The van der Waals surface area contributed by atoms with E-state index in [4.69, 9.17) is 9.97 Å². The summed E-state index contributed by atoms with van der Waals surface area (Å²) in [7, 11) is -3.23. The van der Waals surface area contributed by atoms with E-state index in [1.165, 1.54) is 31.9 Å². The molecule has 0 bridgehead atoms. The Morgan fingerprint density at radius 1 is 0.245 bits per heavy atom. The topological polar surface area (TPSA) is 25.8 Å². The van der Waals surface area contributed by atoms with E-state index >= 15 is 0 Å². The molecule has 1 aliphatic heterocycles. The number of pyridine rings is 2. The van der Waals surface area contributed by atoms with Crippen molar-refractivity contribution in [1.82, 2.24) is 9.97 Å². The van der Waals surface area contributed by atoms with Crippen molar-refractivity contribution in [1.29, 1.82) is 0 Å². The second kappa shape index (κ2) is 14.1. The normalized spacial score (nSPS) is 13.7. The van der Waals surface area contributed by atoms with Crippen LogP contribution in [0.2, 0.25) is 0 Å². The molecule has 2 aromatic heterocycles. The van der Waals surface area contributed by atoms with Gasteiger partial charge in [-0.15, -0.1) is 0 Å². The van der Waals surface area contributed by atoms with Gasteiger partial charge >= 0.3 is 0 Å². The fourth-order valence-corrected chi connectivity index (χ4v) is 13.4. The van der Waals surface area contributed by atoms with Gasteiger partial charge in [0.2, 0.25) is 0 Å². The number of nitrogens with zero attached hydrogens (tertiary/aromatic N) is 2. The van der Waals surface area contributed by atoms with Crippen LogP contribution in [0, 0.1) is 0 Å². The lowest BCUT2D eigenvalue weighted by Crippen LogP contribution is -2.60. The number of aromatic nitrogens is 2. The minimum atomic E-state index is -3.23. The van der Waals surface area contributed by atoms with Crippen molar-refractivity contribution in [3.63, 3.8) is 0 Å². The number of benzene rings is 6. The highest BCUT2D eigenvalue weighted by Crippen LogP contribution is 2.55. The minimum absolute atomic E-state index is 0.950. The minimum Gasteiger partial charge on any atom is -0.248 e. The van der Waals surface area contributed by atoms with Gasteiger partial charge in [0, 0.05) is 11.1 Å². The first-order valence-corrected chi connectivity index (χ1v) is 20.1. The third kappa shape index (κ3) is 5.78. The molecule has 3 heterocycles. The lowest BCUT2D eigenvalue weighted by atomic mass is 9.90. The van der Waals surface area contributed by atoms with Crippen LogP contribution in [0.4, 0.5) is 0 Å². The van der Waals surface area contributed by atoms with Crippen LogP contribution in [0.1, 0.15) is 22.5 Å². The molecule has 2 nitrogen and oxygen atoms in total. The highest BCUT2D eigenvalue weighted by atomic mass is 28.3. The molecule has 3 heteroatoms. The molecule has 1 aliphatic rings. The zero-order chi connectivity index (χ0) is 35.5. The van der Waals surface area contributed by atoms with E-state index < -0.39 is 8.07 Å². The van der Waals surface area contributed by atoms with Gasteiger partial charge in [-0.3, -0.25) is 0 Å². The molecule has 0 N–H and O–H groups in total. The van der Waals surface area contributed by atoms with Gasteiger partial charge < -0.3 is 0 Å². The van der Waals surface area contributed by atoms with Crippen LogP contribution in [0.3, 0.4) is 0 Å². The Labute approximate surface area is 312 Å². The molecule has 0 radical (unpaired) electrons. The van der Waals surface area contributed by atoms with Crippen LogP contribution in [0.25, 0.3) is 44.1 Å². The summed E-state index contributed by atoms with van der Waals surface area (Å²) in [6.07, 6.45) is 0. The number of rotatable bonds is 8. The third-order valence-corrected chi connectivity index (χ3v) is 15.1. The van der Waals surface area contributed by atoms with Gasteiger partial charge in [0.1, 0.15) is 0 Å². The van der Waals surface area contributed by atoms with Crippen molar-refractivity contribution in [2.45, 2.75) is 0 Å². The van der Waals surface area contributed by atoms with E-state index in [1.54, 1.807) is 0 Å². The summed E-state index contributed by atoms with van der Waals surface area (Å²) >= 11 is 0. The van der Waals surface area contributed by atoms with Gasteiger partial charge in [0.15, 0.2) is 8.07 Å². The molecule has 9 rings (SSSR count). The first-order chi connectivity index (χ1) is 26.3. The average molecular weight is 693 g/mol.